The molecule has 3 aromatic carbocycles. The number of hydrogen-bond acceptors (Lipinski definition) is 9. The summed E-state index contributed by atoms with van der Waals surface area (Å²) in [7, 11) is 3.20. The van der Waals surface area contributed by atoms with Gasteiger partial charge in [-0.05, 0) is 74.7 Å². The molecule has 49 heavy (non-hydrogen) atoms. The molecule has 0 aliphatic carbocycles. The van der Waals surface area contributed by atoms with Crippen LogP contribution in [0.25, 0.3) is 10.9 Å². The van der Waals surface area contributed by atoms with Crippen LogP contribution in [-0.2, 0) is 14.4 Å². The van der Waals surface area contributed by atoms with Crippen LogP contribution in [0.15, 0.2) is 73.1 Å². The molecule has 13 heteroatoms. The molecular formula is C36H44ClN7O5. The van der Waals surface area contributed by atoms with E-state index in [2.05, 4.69) is 31.2 Å². The van der Waals surface area contributed by atoms with Crippen LogP contribution in [0.5, 0.6) is 17.2 Å². The highest BCUT2D eigenvalue weighted by atomic mass is 35.5. The van der Waals surface area contributed by atoms with E-state index in [4.69, 9.17) is 9.47 Å². The van der Waals surface area contributed by atoms with Gasteiger partial charge in [0.05, 0.1) is 24.4 Å². The molecular weight excluding hydrogens is 646 g/mol. The van der Waals surface area contributed by atoms with Crippen LogP contribution in [0, 0.1) is 5.41 Å². The highest BCUT2D eigenvalue weighted by molar-refractivity contribution is 6.03. The molecule has 0 radical (unpaired) electrons. The molecule has 4 aromatic rings. The van der Waals surface area contributed by atoms with Crippen molar-refractivity contribution in [2.45, 2.75) is 58.7 Å². The summed E-state index contributed by atoms with van der Waals surface area (Å²) in [4.78, 5) is 50.9. The van der Waals surface area contributed by atoms with Crippen molar-refractivity contribution in [3.05, 3.63) is 73.1 Å². The number of ether oxygens (including phenoxy) is 2. The van der Waals surface area contributed by atoms with Crippen LogP contribution in [0.2, 0.25) is 0 Å². The fourth-order valence-corrected chi connectivity index (χ4v) is 5.55. The van der Waals surface area contributed by atoms with Crippen LogP contribution in [0.1, 0.15) is 40.5 Å². The zero-order valence-electron chi connectivity index (χ0n) is 28.6. The average molecular weight is 690 g/mol. The summed E-state index contributed by atoms with van der Waals surface area (Å²) in [5, 5.41) is 12.8. The molecule has 2 heterocycles. The second-order valence-electron chi connectivity index (χ2n) is 12.9. The van der Waals surface area contributed by atoms with Crippen molar-refractivity contribution in [1.29, 1.82) is 0 Å². The van der Waals surface area contributed by atoms with Crippen molar-refractivity contribution in [2.75, 3.05) is 31.3 Å². The molecule has 1 aromatic heterocycles. The van der Waals surface area contributed by atoms with E-state index in [9.17, 15) is 14.4 Å². The molecule has 0 spiro atoms. The van der Waals surface area contributed by atoms with Gasteiger partial charge in [0.2, 0.25) is 17.7 Å². The highest BCUT2D eigenvalue weighted by Gasteiger charge is 2.42. The van der Waals surface area contributed by atoms with E-state index in [1.807, 2.05) is 75.4 Å². The molecule has 1 aliphatic rings. The summed E-state index contributed by atoms with van der Waals surface area (Å²) >= 11 is 0. The lowest BCUT2D eigenvalue weighted by atomic mass is 9.85. The van der Waals surface area contributed by atoms with Gasteiger partial charge in [-0.3, -0.25) is 14.4 Å². The Morgan fingerprint density at radius 1 is 0.980 bits per heavy atom. The van der Waals surface area contributed by atoms with Gasteiger partial charge < -0.3 is 35.6 Å². The number of amides is 3. The predicted octanol–water partition coefficient (Wildman–Crippen LogP) is 5.66. The maximum atomic E-state index is 13.9. The van der Waals surface area contributed by atoms with Crippen LogP contribution < -0.4 is 30.7 Å². The fraction of sp³-hybridized carbons (Fsp3) is 0.361. The number of carbonyl (C=O) groups is 3. The Bertz CT molecular complexity index is 1770. The number of nitrogens with zero attached hydrogens (tertiary/aromatic N) is 3. The molecule has 3 atom stereocenters. The number of likely N-dealkylation sites (tertiary alicyclic amines) is 1. The third kappa shape index (κ3) is 8.76. The lowest BCUT2D eigenvalue weighted by Gasteiger charge is -2.36. The SMILES string of the molecule is CN[C@@H](C)C(=O)N[C@H](C(=O)N1CCCC1C(=O)Nc1cc2c(Nc3ccc(Oc4ccccc4)cc3)ncnc2cc1OC)C(C)(C)C.Cl. The Morgan fingerprint density at radius 3 is 2.33 bits per heavy atom. The summed E-state index contributed by atoms with van der Waals surface area (Å²) in [5.74, 6) is 1.47. The van der Waals surface area contributed by atoms with Crippen LogP contribution >= 0.6 is 12.4 Å². The summed E-state index contributed by atoms with van der Waals surface area (Å²) in [6.45, 7) is 7.82. The maximum Gasteiger partial charge on any atom is 0.247 e. The van der Waals surface area contributed by atoms with Crippen molar-refractivity contribution < 1.29 is 23.9 Å². The van der Waals surface area contributed by atoms with Gasteiger partial charge in [-0.15, -0.1) is 12.4 Å². The minimum Gasteiger partial charge on any atom is -0.494 e. The smallest absolute Gasteiger partial charge is 0.247 e. The zero-order valence-corrected chi connectivity index (χ0v) is 29.4. The summed E-state index contributed by atoms with van der Waals surface area (Å²) in [6.07, 6.45) is 2.61. The number of likely N-dealkylation sites (N-methyl/N-ethyl adjacent to an activating group) is 1. The number of para-hydroxylation sites is 1. The van der Waals surface area contributed by atoms with Gasteiger partial charge in [-0.2, -0.15) is 0 Å². The quantitative estimate of drug-likeness (QED) is 0.157. The van der Waals surface area contributed by atoms with Gasteiger partial charge in [0.1, 0.15) is 41.5 Å². The predicted molar refractivity (Wildman–Crippen MR) is 193 cm³/mol. The second kappa shape index (κ2) is 16.0. The molecule has 0 saturated carbocycles. The number of nitrogens with one attached hydrogen (secondary N) is 4. The third-order valence-corrected chi connectivity index (χ3v) is 8.37. The average Bonchev–Trinajstić information content (AvgIpc) is 3.58. The standard InChI is InChI=1S/C36H43N7O5.ClH/c1-22(37-5)33(44)42-31(36(2,3)4)35(46)43-18-10-13-29(43)34(45)41-28-19-26-27(20-30(28)47-6)38-21-39-32(26)40-23-14-16-25(17-15-23)48-24-11-8-7-9-12-24;/h7-9,11-12,14-17,19-22,29,31,37H,10,13,18H2,1-6H3,(H,41,45)(H,42,44)(H,38,39,40);1H/t22-,29?,31+;/m0./s1. The number of benzene rings is 3. The van der Waals surface area contributed by atoms with Gasteiger partial charge in [0.15, 0.2) is 0 Å². The molecule has 5 rings (SSSR count). The van der Waals surface area contributed by atoms with Gasteiger partial charge in [0, 0.05) is 23.7 Å². The molecule has 1 fully saturated rings. The van der Waals surface area contributed by atoms with Crippen LogP contribution in [0.4, 0.5) is 17.2 Å². The van der Waals surface area contributed by atoms with E-state index in [0.717, 1.165) is 11.4 Å². The number of anilines is 3. The molecule has 1 aliphatic heterocycles. The normalized spacial score (nSPS) is 15.5. The van der Waals surface area contributed by atoms with Crippen molar-refractivity contribution in [3.8, 4) is 17.2 Å². The van der Waals surface area contributed by atoms with Crippen LogP contribution in [-0.4, -0.2) is 71.4 Å². The third-order valence-electron chi connectivity index (χ3n) is 8.37. The molecule has 12 nitrogen and oxygen atoms in total. The number of fused-ring (bicyclic) bond motifs is 1. The van der Waals surface area contributed by atoms with Gasteiger partial charge >= 0.3 is 0 Å². The van der Waals surface area contributed by atoms with E-state index in [1.54, 1.807) is 31.0 Å². The lowest BCUT2D eigenvalue weighted by molar-refractivity contribution is -0.143. The maximum absolute atomic E-state index is 13.9. The summed E-state index contributed by atoms with van der Waals surface area (Å²) in [6, 6.07) is 18.5. The van der Waals surface area contributed by atoms with Crippen LogP contribution in [0.3, 0.4) is 0 Å². The topological polar surface area (TPSA) is 147 Å². The van der Waals surface area contributed by atoms with Crippen molar-refractivity contribution in [2.24, 2.45) is 5.41 Å². The number of rotatable bonds is 11. The number of aromatic nitrogens is 2. The summed E-state index contributed by atoms with van der Waals surface area (Å²) < 4.78 is 11.5. The Morgan fingerprint density at radius 2 is 1.67 bits per heavy atom. The van der Waals surface area contributed by atoms with Gasteiger partial charge in [0.25, 0.3) is 0 Å². The largest absolute Gasteiger partial charge is 0.494 e. The van der Waals surface area contributed by atoms with E-state index in [-0.39, 0.29) is 30.1 Å². The second-order valence-corrected chi connectivity index (χ2v) is 12.9. The Labute approximate surface area is 292 Å². The summed E-state index contributed by atoms with van der Waals surface area (Å²) in [5.41, 5.74) is 1.23. The fourth-order valence-electron chi connectivity index (χ4n) is 5.55. The first-order valence-electron chi connectivity index (χ1n) is 16.0. The Balaban J connectivity index is 0.00000541. The molecule has 4 N–H and O–H groups in total. The Kier molecular flexibility index (Phi) is 12.0. The molecule has 0 bridgehead atoms. The number of carbonyl (C=O) groups excluding carboxylic acids is 3. The first-order valence-corrected chi connectivity index (χ1v) is 16.0. The Hall–Kier alpha value is -4.94. The van der Waals surface area contributed by atoms with Crippen molar-refractivity contribution in [3.63, 3.8) is 0 Å². The van der Waals surface area contributed by atoms with E-state index >= 15 is 0 Å². The number of methoxy groups -OCH3 is 1. The van der Waals surface area contributed by atoms with E-state index < -0.39 is 23.5 Å². The van der Waals surface area contributed by atoms with Gasteiger partial charge in [-0.1, -0.05) is 39.0 Å². The zero-order chi connectivity index (χ0) is 34.4. The van der Waals surface area contributed by atoms with E-state index in [0.29, 0.717) is 53.3 Å². The molecule has 3 amide bonds. The first-order chi connectivity index (χ1) is 23.0. The van der Waals surface area contributed by atoms with Gasteiger partial charge in [-0.25, -0.2) is 9.97 Å². The monoisotopic (exact) mass is 689 g/mol. The number of hydrogen-bond donors (Lipinski definition) is 4. The molecule has 260 valence electrons. The molecule has 1 unspecified atom stereocenters. The van der Waals surface area contributed by atoms with Crippen molar-refractivity contribution in [1.82, 2.24) is 25.5 Å². The minimum atomic E-state index is -0.811. The molecule has 1 saturated heterocycles. The first kappa shape index (κ1) is 36.9. The van der Waals surface area contributed by atoms with E-state index in [1.165, 1.54) is 13.4 Å². The lowest BCUT2D eigenvalue weighted by Crippen LogP contribution is -2.59. The number of halogens is 1. The minimum absolute atomic E-state index is 0. The highest BCUT2D eigenvalue weighted by Crippen LogP contribution is 2.35. The van der Waals surface area contributed by atoms with Crippen molar-refractivity contribution >= 4 is 58.2 Å².